The second-order valence-corrected chi connectivity index (χ2v) is 26.0. The molecule has 7 heteroatoms. The zero-order chi connectivity index (χ0) is 46.8. The number of hydrogen-bond acceptors (Lipinski definition) is 0. The van der Waals surface area contributed by atoms with Crippen LogP contribution in [0.3, 0.4) is 0 Å². The Kier molecular flexibility index (Phi) is 115. The van der Waals surface area contributed by atoms with Gasteiger partial charge in [0.2, 0.25) is 0 Å². The van der Waals surface area contributed by atoms with Crippen LogP contribution in [0.15, 0.2) is 47.6 Å². The number of unbranched alkanes of at least 4 members (excludes halogenated alkanes) is 1. The van der Waals surface area contributed by atoms with Crippen LogP contribution in [-0.2, 0) is 49.8 Å². The van der Waals surface area contributed by atoms with Crippen molar-refractivity contribution in [1.29, 1.82) is 0 Å². The predicted octanol–water partition coefficient (Wildman–Crippen LogP) is 24.4. The van der Waals surface area contributed by atoms with Crippen LogP contribution in [0.1, 0.15) is 230 Å². The summed E-state index contributed by atoms with van der Waals surface area (Å²) >= 11 is -0.691. The fraction of sp³-hybridized carbons (Fsp3) is 0.754. The molecule has 402 valence electrons. The minimum absolute atomic E-state index is 0. The van der Waals surface area contributed by atoms with Gasteiger partial charge in [0, 0.05) is 0 Å². The molecule has 0 heterocycles. The number of rotatable bonds is 9. The molecule has 1 atom stereocenters. The maximum atomic E-state index is 4.85. The van der Waals surface area contributed by atoms with Crippen molar-refractivity contribution in [3.05, 3.63) is 92.2 Å². The van der Waals surface area contributed by atoms with Crippen LogP contribution >= 0.6 is 38.8 Å². The van der Waals surface area contributed by atoms with Crippen molar-refractivity contribution in [2.24, 2.45) is 52.3 Å². The predicted molar refractivity (Wildman–Crippen MR) is 307 cm³/mol. The molecule has 2 aliphatic carbocycles. The first-order valence-electron chi connectivity index (χ1n) is 22.3. The van der Waals surface area contributed by atoms with E-state index in [0.29, 0.717) is 10.8 Å². The van der Waals surface area contributed by atoms with Gasteiger partial charge in [0.1, 0.15) is 0 Å². The van der Waals surface area contributed by atoms with Gasteiger partial charge in [-0.05, 0) is 106 Å². The quantitative estimate of drug-likeness (QED) is 0.0934. The van der Waals surface area contributed by atoms with Crippen LogP contribution < -0.4 is 0 Å². The Morgan fingerprint density at radius 3 is 1.16 bits per heavy atom. The van der Waals surface area contributed by atoms with Crippen molar-refractivity contribution < 1.29 is 49.8 Å². The van der Waals surface area contributed by atoms with Crippen molar-refractivity contribution >= 4 is 38.8 Å². The van der Waals surface area contributed by atoms with Crippen LogP contribution in [0.5, 0.6) is 0 Å². The minimum Gasteiger partial charge on any atom is 2.00 e. The maximum absolute atomic E-state index is 4.85. The molecule has 0 unspecified atom stereocenters. The van der Waals surface area contributed by atoms with Gasteiger partial charge in [0.05, 0.1) is 0 Å². The van der Waals surface area contributed by atoms with Crippen molar-refractivity contribution in [3.8, 4) is 0 Å². The molecule has 2 aliphatic rings. The molecule has 2 rings (SSSR count). The van der Waals surface area contributed by atoms with Crippen LogP contribution in [0.4, 0.5) is 0 Å². The molecule has 0 radical (unpaired) electrons. The Hall–Kier alpha value is 1.99. The van der Waals surface area contributed by atoms with Gasteiger partial charge >= 0.3 is 88.5 Å². The Morgan fingerprint density at radius 2 is 1.03 bits per heavy atom. The molecule has 0 amide bonds. The zero-order valence-electron chi connectivity index (χ0n) is 48.9. The molecule has 64 heavy (non-hydrogen) atoms. The molecule has 0 aromatic rings. The van der Waals surface area contributed by atoms with Gasteiger partial charge in [-0.25, -0.2) is 0 Å². The average molecular weight is 1250 g/mol. The molecule has 0 aromatic heterocycles. The molecule has 1 saturated carbocycles. The van der Waals surface area contributed by atoms with E-state index in [-0.39, 0.29) is 94.3 Å². The molecule has 0 aliphatic heterocycles. The molecule has 0 aromatic carbocycles. The van der Waals surface area contributed by atoms with E-state index in [1.807, 2.05) is 6.92 Å². The van der Waals surface area contributed by atoms with E-state index >= 15 is 0 Å². The number of hydrogen-bond donors (Lipinski definition) is 0. The van der Waals surface area contributed by atoms with E-state index in [9.17, 15) is 0 Å². The molecule has 0 bridgehead atoms. The van der Waals surface area contributed by atoms with E-state index < -0.39 is 0 Å². The van der Waals surface area contributed by atoms with Gasteiger partial charge in [-0.3, -0.25) is 0 Å². The van der Waals surface area contributed by atoms with Gasteiger partial charge in [-0.2, -0.15) is 0 Å². The molecule has 0 spiro atoms. The van der Waals surface area contributed by atoms with Gasteiger partial charge in [-0.1, -0.05) is 224 Å². The van der Waals surface area contributed by atoms with E-state index in [1.165, 1.54) is 81.8 Å². The average Bonchev–Trinajstić information content (AvgIpc) is 2.99. The number of allylic oxidation sites excluding steroid dienone is 7. The number of halogens is 4. The molecule has 0 saturated heterocycles. The molecular weight excluding hydrogens is 1130 g/mol. The second kappa shape index (κ2) is 71.5. The van der Waals surface area contributed by atoms with Crippen LogP contribution in [-0.4, -0.2) is 0 Å². The third kappa shape index (κ3) is 137. The third-order valence-corrected chi connectivity index (χ3v) is 8.22. The summed E-state index contributed by atoms with van der Waals surface area (Å²) in [6.45, 7) is 55.1. The van der Waals surface area contributed by atoms with Crippen molar-refractivity contribution in [2.75, 3.05) is 0 Å². The topological polar surface area (TPSA) is 0 Å². The van der Waals surface area contributed by atoms with E-state index in [0.717, 1.165) is 47.0 Å². The molecular formula is C57H122Cl4Ru3. The van der Waals surface area contributed by atoms with E-state index in [1.54, 1.807) is 0 Å². The van der Waals surface area contributed by atoms with E-state index in [2.05, 4.69) is 183 Å². The first kappa shape index (κ1) is 103. The Bertz CT molecular complexity index is 878. The standard InChI is InChI=1S/C10H22.C9H18.C9H14.C7H16.C7H12.C5H12.C4H10.6CH3.4ClH.3Ru/c1-9(2)7-5-6-8-10(3)4;2*1-8-5-4-6-9(2,3)7-8;2*1-6(2)5-7(3)4;1-4-5(2)3;1-4(2)3;;;;;;;;;;;;;/h9-10H,5-8H2,1-4H3;8H,4-7H2,1-3H3;4-6H,7H2,1-3H3;6-7H,5H2,1-4H3;5H,1H2,2-4H3;5H,4H2,1-3H3;4H,1-3H3;6*1H3;4*1H;;;/q;;;;;;;6*-1;;;;;+2;2*+4/p-4/t;8-;;;;;;;;;;;;;;;;;;/m.0................../s1. The van der Waals surface area contributed by atoms with Crippen LogP contribution in [0, 0.1) is 96.8 Å². The summed E-state index contributed by atoms with van der Waals surface area (Å²) in [5, 5.41) is 0. The van der Waals surface area contributed by atoms with Gasteiger partial charge in [-0.15, -0.1) is 0 Å². The Balaban J connectivity index is -0.0000000370. The van der Waals surface area contributed by atoms with Crippen LogP contribution in [0.2, 0.25) is 0 Å². The maximum Gasteiger partial charge on any atom is 2.00 e. The summed E-state index contributed by atoms with van der Waals surface area (Å²) < 4.78 is 0. The second-order valence-electron chi connectivity index (χ2n) is 20.7. The monoisotopic (exact) mass is 1250 g/mol. The summed E-state index contributed by atoms with van der Waals surface area (Å²) in [5.74, 6) is 6.24. The molecule has 0 N–H and O–H groups in total. The largest absolute Gasteiger partial charge is 2.00 e. The smallest absolute Gasteiger partial charge is 2.00 e. The van der Waals surface area contributed by atoms with Crippen molar-refractivity contribution in [3.63, 3.8) is 0 Å². The third-order valence-electron chi connectivity index (χ3n) is 8.22. The first-order valence-corrected chi connectivity index (χ1v) is 31.2. The SMILES string of the molecule is C=C(C)C=C(C)C.CC(C)C.CC(C)CC(C)C.CC(C)CCCCC(C)C.CC1=CC=CC(C)(C)C1.CCC(C)C.C[C@H]1CCCC(C)(C)C1.[CH3-].[CH3-].[CH3-].[CH3-].[CH3-].[CH3-].[Cl][Ru+2][Cl].[Cl][Ru+2][Cl].[Ru+2]. The van der Waals surface area contributed by atoms with Crippen LogP contribution in [0.25, 0.3) is 0 Å². The summed E-state index contributed by atoms with van der Waals surface area (Å²) in [6, 6.07) is 0. The summed E-state index contributed by atoms with van der Waals surface area (Å²) in [7, 11) is 19.4. The van der Waals surface area contributed by atoms with E-state index in [4.69, 9.17) is 38.8 Å². The molecule has 0 nitrogen and oxygen atoms in total. The molecule has 1 fully saturated rings. The summed E-state index contributed by atoms with van der Waals surface area (Å²) in [5.41, 5.74) is 4.98. The zero-order valence-corrected chi connectivity index (χ0v) is 57.1. The normalized spacial score (nSPS) is 13.9. The first-order chi connectivity index (χ1) is 25.9. The van der Waals surface area contributed by atoms with Crippen molar-refractivity contribution in [1.82, 2.24) is 0 Å². The van der Waals surface area contributed by atoms with Gasteiger partial charge in [0.15, 0.2) is 0 Å². The van der Waals surface area contributed by atoms with Gasteiger partial charge < -0.3 is 44.6 Å². The Morgan fingerprint density at radius 1 is 0.703 bits per heavy atom. The Labute approximate surface area is 458 Å². The minimum atomic E-state index is -0.346. The fourth-order valence-corrected chi connectivity index (χ4v) is 5.93. The van der Waals surface area contributed by atoms with Crippen molar-refractivity contribution in [2.45, 2.75) is 230 Å². The van der Waals surface area contributed by atoms with Gasteiger partial charge in [0.25, 0.3) is 0 Å². The fourth-order valence-electron chi connectivity index (χ4n) is 5.93. The summed E-state index contributed by atoms with van der Waals surface area (Å²) in [6.07, 6.45) is 24.0. The summed E-state index contributed by atoms with van der Waals surface area (Å²) in [4.78, 5) is 0.